The van der Waals surface area contributed by atoms with E-state index in [1.54, 1.807) is 11.8 Å². The molecule has 0 aromatic heterocycles. The summed E-state index contributed by atoms with van der Waals surface area (Å²) < 4.78 is 0. The van der Waals surface area contributed by atoms with Gasteiger partial charge in [0.1, 0.15) is 0 Å². The molecule has 0 aromatic carbocycles. The van der Waals surface area contributed by atoms with Crippen molar-refractivity contribution in [2.24, 2.45) is 5.41 Å². The normalized spacial score (nSPS) is 38.1. The van der Waals surface area contributed by atoms with Gasteiger partial charge < -0.3 is 10.2 Å². The number of carbonyl (C=O) groups is 1. The summed E-state index contributed by atoms with van der Waals surface area (Å²) in [7, 11) is 0. The molecule has 1 saturated carbocycles. The quantitative estimate of drug-likeness (QED) is 0.670. The third-order valence-corrected chi connectivity index (χ3v) is 4.23. The van der Waals surface area contributed by atoms with Gasteiger partial charge in [-0.15, -0.1) is 0 Å². The van der Waals surface area contributed by atoms with Crippen LogP contribution in [0.1, 0.15) is 19.3 Å². The van der Waals surface area contributed by atoms with Crippen LogP contribution >= 0.6 is 11.8 Å². The molecule has 1 heterocycles. The maximum atomic E-state index is 10.9. The van der Waals surface area contributed by atoms with Crippen LogP contribution in [0.5, 0.6) is 0 Å². The van der Waals surface area contributed by atoms with Crippen LogP contribution in [0.4, 0.5) is 0 Å². The fourth-order valence-electron chi connectivity index (χ4n) is 1.93. The van der Waals surface area contributed by atoms with E-state index < -0.39 is 17.0 Å². The van der Waals surface area contributed by atoms with Crippen LogP contribution in [0, 0.1) is 5.41 Å². The number of carboxylic acid groups (broad SMARTS) is 1. The van der Waals surface area contributed by atoms with E-state index >= 15 is 0 Å². The van der Waals surface area contributed by atoms with E-state index in [4.69, 9.17) is 5.11 Å². The Labute approximate surface area is 75.2 Å². The lowest BCUT2D eigenvalue weighted by Gasteiger charge is -2.28. The van der Waals surface area contributed by atoms with Crippen LogP contribution in [-0.2, 0) is 4.79 Å². The first-order valence-corrected chi connectivity index (χ1v) is 5.30. The largest absolute Gasteiger partial charge is 0.481 e. The van der Waals surface area contributed by atoms with Gasteiger partial charge in [0, 0.05) is 5.75 Å². The first kappa shape index (κ1) is 8.38. The molecule has 0 aromatic rings. The Hall–Kier alpha value is -0.220. The highest BCUT2D eigenvalue weighted by Gasteiger charge is 2.65. The molecule has 1 unspecified atom stereocenters. The summed E-state index contributed by atoms with van der Waals surface area (Å²) in [5.41, 5.74) is -1.69. The minimum atomic E-state index is -0.913. The van der Waals surface area contributed by atoms with Gasteiger partial charge >= 0.3 is 5.97 Å². The fourth-order valence-corrected chi connectivity index (χ4v) is 3.32. The molecule has 0 bridgehead atoms. The summed E-state index contributed by atoms with van der Waals surface area (Å²) in [6, 6.07) is 0. The second-order valence-electron chi connectivity index (χ2n) is 3.72. The molecule has 1 aliphatic carbocycles. The number of hydrogen-bond acceptors (Lipinski definition) is 3. The molecule has 2 aliphatic rings. The lowest BCUT2D eigenvalue weighted by Crippen LogP contribution is -2.44. The van der Waals surface area contributed by atoms with E-state index in [-0.39, 0.29) is 0 Å². The average molecular weight is 188 g/mol. The molecule has 1 aliphatic heterocycles. The molecule has 4 heteroatoms. The SMILES string of the molecule is O=C(O)C1(C2(O)CCSC2)CC1. The van der Waals surface area contributed by atoms with Crippen molar-refractivity contribution in [2.45, 2.75) is 24.9 Å². The highest BCUT2D eigenvalue weighted by Crippen LogP contribution is 2.58. The van der Waals surface area contributed by atoms with Crippen molar-refractivity contribution < 1.29 is 15.0 Å². The number of hydrogen-bond donors (Lipinski definition) is 2. The second kappa shape index (κ2) is 2.39. The zero-order valence-corrected chi connectivity index (χ0v) is 7.56. The number of carboxylic acids is 1. The molecular weight excluding hydrogens is 176 g/mol. The van der Waals surface area contributed by atoms with Gasteiger partial charge in [-0.1, -0.05) is 0 Å². The average Bonchev–Trinajstić information content (AvgIpc) is 2.72. The van der Waals surface area contributed by atoms with Gasteiger partial charge in [0.25, 0.3) is 0 Å². The van der Waals surface area contributed by atoms with Crippen LogP contribution in [-0.4, -0.2) is 33.3 Å². The number of rotatable bonds is 2. The maximum absolute atomic E-state index is 10.9. The minimum absolute atomic E-state index is 0.597. The lowest BCUT2D eigenvalue weighted by atomic mass is 9.84. The van der Waals surface area contributed by atoms with Gasteiger partial charge in [0.05, 0.1) is 11.0 Å². The molecule has 1 saturated heterocycles. The van der Waals surface area contributed by atoms with Gasteiger partial charge in [-0.05, 0) is 25.0 Å². The van der Waals surface area contributed by atoms with Crippen molar-refractivity contribution in [3.05, 3.63) is 0 Å². The van der Waals surface area contributed by atoms with Crippen molar-refractivity contribution in [1.82, 2.24) is 0 Å². The summed E-state index contributed by atoms with van der Waals surface area (Å²) in [6.45, 7) is 0. The van der Waals surface area contributed by atoms with Crippen LogP contribution in [0.15, 0.2) is 0 Å². The van der Waals surface area contributed by atoms with Crippen LogP contribution in [0.25, 0.3) is 0 Å². The molecule has 0 amide bonds. The van der Waals surface area contributed by atoms with Gasteiger partial charge in [-0.3, -0.25) is 4.79 Å². The number of aliphatic carboxylic acids is 1. The molecule has 3 nitrogen and oxygen atoms in total. The highest BCUT2D eigenvalue weighted by molar-refractivity contribution is 7.99. The summed E-state index contributed by atoms with van der Waals surface area (Å²) in [5.74, 6) is 0.678. The van der Waals surface area contributed by atoms with E-state index in [2.05, 4.69) is 0 Å². The Balaban J connectivity index is 2.22. The van der Waals surface area contributed by atoms with Crippen molar-refractivity contribution in [3.8, 4) is 0 Å². The maximum Gasteiger partial charge on any atom is 0.312 e. The van der Waals surface area contributed by atoms with E-state index in [1.165, 1.54) is 0 Å². The Morgan fingerprint density at radius 3 is 2.33 bits per heavy atom. The summed E-state index contributed by atoms with van der Waals surface area (Å²) >= 11 is 1.65. The number of aliphatic hydroxyl groups is 1. The molecule has 0 radical (unpaired) electrons. The zero-order valence-electron chi connectivity index (χ0n) is 6.75. The third-order valence-electron chi connectivity index (χ3n) is 3.05. The molecule has 0 spiro atoms. The van der Waals surface area contributed by atoms with E-state index in [0.717, 1.165) is 5.75 Å². The molecule has 2 fully saturated rings. The Morgan fingerprint density at radius 1 is 1.33 bits per heavy atom. The summed E-state index contributed by atoms with van der Waals surface area (Å²) in [5, 5.41) is 19.0. The smallest absolute Gasteiger partial charge is 0.312 e. The Morgan fingerprint density at radius 2 is 2.00 bits per heavy atom. The first-order chi connectivity index (χ1) is 5.61. The molecule has 68 valence electrons. The lowest BCUT2D eigenvalue weighted by molar-refractivity contribution is -0.153. The number of thioether (sulfide) groups is 1. The Bertz CT molecular complexity index is 216. The van der Waals surface area contributed by atoms with Gasteiger partial charge in [-0.2, -0.15) is 11.8 Å². The predicted molar refractivity (Wildman–Crippen MR) is 46.2 cm³/mol. The molecule has 12 heavy (non-hydrogen) atoms. The van der Waals surface area contributed by atoms with Crippen molar-refractivity contribution in [3.63, 3.8) is 0 Å². The van der Waals surface area contributed by atoms with E-state index in [0.29, 0.717) is 25.0 Å². The third kappa shape index (κ3) is 0.910. The Kier molecular flexibility index (Phi) is 1.67. The monoisotopic (exact) mass is 188 g/mol. The van der Waals surface area contributed by atoms with Crippen molar-refractivity contribution in [2.75, 3.05) is 11.5 Å². The predicted octanol–water partition coefficient (Wildman–Crippen LogP) is 0.719. The molecule has 2 rings (SSSR count). The van der Waals surface area contributed by atoms with Crippen molar-refractivity contribution >= 4 is 17.7 Å². The van der Waals surface area contributed by atoms with Crippen LogP contribution in [0.3, 0.4) is 0 Å². The highest BCUT2D eigenvalue weighted by atomic mass is 32.2. The van der Waals surface area contributed by atoms with Gasteiger partial charge in [-0.25, -0.2) is 0 Å². The standard InChI is InChI=1S/C8H12O3S/c9-6(10)7(1-2-7)8(11)3-4-12-5-8/h11H,1-5H2,(H,9,10). The zero-order chi connectivity index (χ0) is 8.82. The molecule has 2 N–H and O–H groups in total. The van der Waals surface area contributed by atoms with Crippen LogP contribution in [0.2, 0.25) is 0 Å². The summed E-state index contributed by atoms with van der Waals surface area (Å²) in [4.78, 5) is 10.9. The summed E-state index contributed by atoms with van der Waals surface area (Å²) in [6.07, 6.45) is 1.95. The fraction of sp³-hybridized carbons (Fsp3) is 0.875. The first-order valence-electron chi connectivity index (χ1n) is 4.14. The van der Waals surface area contributed by atoms with Gasteiger partial charge in [0.15, 0.2) is 0 Å². The molecular formula is C8H12O3S. The second-order valence-corrected chi connectivity index (χ2v) is 4.83. The van der Waals surface area contributed by atoms with E-state index in [1.807, 2.05) is 0 Å². The van der Waals surface area contributed by atoms with Crippen molar-refractivity contribution in [1.29, 1.82) is 0 Å². The minimum Gasteiger partial charge on any atom is -0.481 e. The van der Waals surface area contributed by atoms with E-state index in [9.17, 15) is 9.90 Å². The molecule has 1 atom stereocenters. The topological polar surface area (TPSA) is 57.5 Å². The van der Waals surface area contributed by atoms with Gasteiger partial charge in [0.2, 0.25) is 0 Å². The van der Waals surface area contributed by atoms with Crippen LogP contribution < -0.4 is 0 Å².